The van der Waals surface area contributed by atoms with Crippen LogP contribution in [0, 0.1) is 0 Å². The lowest BCUT2D eigenvalue weighted by Gasteiger charge is -2.06. The van der Waals surface area contributed by atoms with Gasteiger partial charge in [0, 0.05) is 25.0 Å². The molecule has 0 saturated carbocycles. The van der Waals surface area contributed by atoms with Crippen LogP contribution in [0.3, 0.4) is 0 Å². The maximum absolute atomic E-state index is 8.72. The van der Waals surface area contributed by atoms with Crippen molar-refractivity contribution >= 4 is 15.0 Å². The van der Waals surface area contributed by atoms with Crippen LogP contribution < -0.4 is 0 Å². The average Bonchev–Trinajstić information content (AvgIpc) is 2.17. The minimum absolute atomic E-state index is 0.0204. The van der Waals surface area contributed by atoms with E-state index in [1.807, 2.05) is 18.2 Å². The van der Waals surface area contributed by atoms with E-state index < -0.39 is 8.80 Å². The molecule has 0 unspecified atom stereocenters. The molecule has 0 aliphatic carbocycles. The summed E-state index contributed by atoms with van der Waals surface area (Å²) < 4.78 is 0. The van der Waals surface area contributed by atoms with Crippen molar-refractivity contribution < 1.29 is 14.4 Å². The smallest absolute Gasteiger partial charge is 0.390 e. The third kappa shape index (κ3) is 6.08. The minimum Gasteiger partial charge on any atom is -0.390 e. The Bertz CT molecular complexity index is 311. The molecule has 0 radical (unpaired) electrons. The van der Waals surface area contributed by atoms with Crippen LogP contribution in [0.5, 0.6) is 0 Å². The molecule has 1 heterocycles. The summed E-state index contributed by atoms with van der Waals surface area (Å²) in [5.41, 5.74) is 0.762. The molecular weight excluding hydrogens is 212 g/mol. The molecule has 0 atom stereocenters. The lowest BCUT2D eigenvalue weighted by molar-refractivity contribution is 0.227. The molecule has 0 saturated heterocycles. The molecule has 0 bridgehead atoms. The van der Waals surface area contributed by atoms with Gasteiger partial charge in [0.25, 0.3) is 0 Å². The Kier molecular flexibility index (Phi) is 4.57. The first-order valence-corrected chi connectivity index (χ1v) is 6.71. The zero-order valence-corrected chi connectivity index (χ0v) is 9.24. The number of nitrogens with zero attached hydrogens (tertiary/aromatic N) is 2. The van der Waals surface area contributed by atoms with E-state index in [4.69, 9.17) is 14.4 Å². The predicted octanol–water partition coefficient (Wildman–Crippen LogP) is -0.194. The summed E-state index contributed by atoms with van der Waals surface area (Å²) in [4.78, 5) is 34.2. The molecule has 0 aromatic carbocycles. The van der Waals surface area contributed by atoms with Crippen LogP contribution in [0.4, 0.5) is 0 Å². The van der Waals surface area contributed by atoms with Gasteiger partial charge in [0.15, 0.2) is 0 Å². The van der Waals surface area contributed by atoms with Crippen LogP contribution in [0.15, 0.2) is 29.4 Å². The zero-order valence-electron chi connectivity index (χ0n) is 8.24. The summed E-state index contributed by atoms with van der Waals surface area (Å²) in [6.07, 6.45) is 3.75. The highest BCUT2D eigenvalue weighted by Gasteiger charge is 2.25. The van der Waals surface area contributed by atoms with Crippen molar-refractivity contribution in [1.82, 2.24) is 4.98 Å². The molecule has 15 heavy (non-hydrogen) atoms. The molecule has 0 spiro atoms. The first-order chi connectivity index (χ1) is 7.08. The van der Waals surface area contributed by atoms with Crippen molar-refractivity contribution in [2.45, 2.75) is 12.5 Å². The van der Waals surface area contributed by atoms with E-state index in [9.17, 15) is 0 Å². The Morgan fingerprint density at radius 2 is 2.13 bits per heavy atom. The minimum atomic E-state index is -3.88. The van der Waals surface area contributed by atoms with Gasteiger partial charge in [-0.3, -0.25) is 9.98 Å². The highest BCUT2D eigenvalue weighted by molar-refractivity contribution is 6.56. The normalized spacial score (nSPS) is 12.2. The zero-order chi connectivity index (χ0) is 11.1. The van der Waals surface area contributed by atoms with Crippen molar-refractivity contribution in [3.63, 3.8) is 0 Å². The summed E-state index contributed by atoms with van der Waals surface area (Å²) in [6.45, 7) is 0.451. The number of aliphatic imine (C=N–C) groups is 1. The molecule has 3 N–H and O–H groups in total. The fourth-order valence-electron chi connectivity index (χ4n) is 1.02. The first kappa shape index (κ1) is 12.0. The van der Waals surface area contributed by atoms with Crippen LogP contribution in [0.25, 0.3) is 0 Å². The first-order valence-electron chi connectivity index (χ1n) is 4.66. The maximum atomic E-state index is 8.72. The van der Waals surface area contributed by atoms with Crippen molar-refractivity contribution in [3.05, 3.63) is 30.1 Å². The molecule has 0 aliphatic heterocycles. The highest BCUT2D eigenvalue weighted by Crippen LogP contribution is 2.00. The number of hydrogen-bond acceptors (Lipinski definition) is 5. The highest BCUT2D eigenvalue weighted by atomic mass is 28.4. The van der Waals surface area contributed by atoms with E-state index in [0.717, 1.165) is 5.69 Å². The topological polar surface area (TPSA) is 85.9 Å². The Labute approximate surface area is 89.1 Å². The number of pyridine rings is 1. The Balaban J connectivity index is 2.24. The van der Waals surface area contributed by atoms with Gasteiger partial charge in [0.05, 0.1) is 5.69 Å². The van der Waals surface area contributed by atoms with Crippen molar-refractivity contribution in [2.24, 2.45) is 4.99 Å². The van der Waals surface area contributed by atoms with Gasteiger partial charge in [0.1, 0.15) is 0 Å². The number of rotatable bonds is 5. The second kappa shape index (κ2) is 5.71. The molecule has 6 heteroatoms. The van der Waals surface area contributed by atoms with Crippen molar-refractivity contribution in [2.75, 3.05) is 6.54 Å². The van der Waals surface area contributed by atoms with E-state index in [1.54, 1.807) is 12.4 Å². The molecule has 82 valence electrons. The summed E-state index contributed by atoms with van der Waals surface area (Å²) in [5.74, 6) is 0. The lowest BCUT2D eigenvalue weighted by Crippen LogP contribution is -2.34. The van der Waals surface area contributed by atoms with Gasteiger partial charge in [-0.25, -0.2) is 0 Å². The summed E-state index contributed by atoms with van der Waals surface area (Å²) >= 11 is 0. The maximum Gasteiger partial charge on any atom is 0.492 e. The molecule has 1 aromatic heterocycles. The summed E-state index contributed by atoms with van der Waals surface area (Å²) in [6, 6.07) is 5.53. The summed E-state index contributed by atoms with van der Waals surface area (Å²) in [5, 5.41) is 0. The standard InChI is InChI=1S/C9H14N2O3Si/c12-15(13,14)7-3-5-10-8-9-4-1-2-6-11-9/h1-2,4,6,8,12-14H,3,5,7H2. The fraction of sp³-hybridized carbons (Fsp3) is 0.333. The van der Waals surface area contributed by atoms with E-state index >= 15 is 0 Å². The summed E-state index contributed by atoms with van der Waals surface area (Å²) in [7, 11) is -3.88. The van der Waals surface area contributed by atoms with E-state index in [2.05, 4.69) is 9.98 Å². The molecule has 5 nitrogen and oxygen atoms in total. The van der Waals surface area contributed by atoms with Crippen LogP contribution in [-0.2, 0) is 0 Å². The quantitative estimate of drug-likeness (QED) is 0.369. The second-order valence-corrected chi connectivity index (χ2v) is 5.22. The largest absolute Gasteiger partial charge is 0.492 e. The third-order valence-electron chi connectivity index (χ3n) is 1.71. The number of aromatic nitrogens is 1. The van der Waals surface area contributed by atoms with Crippen LogP contribution in [0.1, 0.15) is 12.1 Å². The Morgan fingerprint density at radius 1 is 1.33 bits per heavy atom. The molecule has 0 aliphatic rings. The van der Waals surface area contributed by atoms with E-state index in [1.165, 1.54) is 0 Å². The fourth-order valence-corrected chi connectivity index (χ4v) is 1.65. The van der Waals surface area contributed by atoms with Gasteiger partial charge in [-0.2, -0.15) is 0 Å². The van der Waals surface area contributed by atoms with Crippen LogP contribution in [0.2, 0.25) is 6.04 Å². The van der Waals surface area contributed by atoms with Crippen LogP contribution in [-0.4, -0.2) is 40.9 Å². The Hall–Kier alpha value is -1.08. The third-order valence-corrected chi connectivity index (χ3v) is 2.74. The monoisotopic (exact) mass is 226 g/mol. The average molecular weight is 226 g/mol. The van der Waals surface area contributed by atoms with E-state index in [-0.39, 0.29) is 6.04 Å². The van der Waals surface area contributed by atoms with Gasteiger partial charge in [-0.1, -0.05) is 6.07 Å². The molecule has 1 rings (SSSR count). The predicted molar refractivity (Wildman–Crippen MR) is 58.5 cm³/mol. The molecular formula is C9H14N2O3Si. The number of hydrogen-bond donors (Lipinski definition) is 3. The van der Waals surface area contributed by atoms with Crippen LogP contribution >= 0.6 is 0 Å². The molecule has 1 aromatic rings. The SMILES string of the molecule is O[Si](O)(O)CCCN=Cc1ccccn1. The van der Waals surface area contributed by atoms with Gasteiger partial charge >= 0.3 is 8.80 Å². The molecule has 0 amide bonds. The van der Waals surface area contributed by atoms with Crippen molar-refractivity contribution in [3.8, 4) is 0 Å². The lowest BCUT2D eigenvalue weighted by atomic mass is 10.4. The van der Waals surface area contributed by atoms with Gasteiger partial charge in [-0.05, 0) is 18.6 Å². The van der Waals surface area contributed by atoms with Gasteiger partial charge in [0.2, 0.25) is 0 Å². The van der Waals surface area contributed by atoms with Gasteiger partial charge in [-0.15, -0.1) is 0 Å². The second-order valence-electron chi connectivity index (χ2n) is 3.17. The van der Waals surface area contributed by atoms with Gasteiger partial charge < -0.3 is 14.4 Å². The Morgan fingerprint density at radius 3 is 2.73 bits per heavy atom. The molecule has 0 fully saturated rings. The van der Waals surface area contributed by atoms with E-state index in [0.29, 0.717) is 13.0 Å². The van der Waals surface area contributed by atoms with Crippen molar-refractivity contribution in [1.29, 1.82) is 0 Å².